The first-order valence-corrected chi connectivity index (χ1v) is 13.5. The van der Waals surface area contributed by atoms with E-state index < -0.39 is 23.5 Å². The molecule has 1 N–H and O–H groups in total. The second kappa shape index (κ2) is 9.91. The molecule has 3 heterocycles. The van der Waals surface area contributed by atoms with Crippen LogP contribution in [0.15, 0.2) is 64.1 Å². The van der Waals surface area contributed by atoms with E-state index in [1.54, 1.807) is 0 Å². The third-order valence-corrected chi connectivity index (χ3v) is 8.38. The molecule has 0 bridgehead atoms. The highest BCUT2D eigenvalue weighted by Gasteiger charge is 2.53. The summed E-state index contributed by atoms with van der Waals surface area (Å²) in [4.78, 5) is 45.2. The number of ether oxygens (including phenoxy) is 1. The van der Waals surface area contributed by atoms with Gasteiger partial charge in [0, 0.05) is 28.7 Å². The molecule has 0 saturated carbocycles. The van der Waals surface area contributed by atoms with Crippen molar-refractivity contribution in [3.63, 3.8) is 0 Å². The van der Waals surface area contributed by atoms with Crippen molar-refractivity contribution in [1.82, 2.24) is 10.2 Å². The highest BCUT2D eigenvalue weighted by molar-refractivity contribution is 8.18. The number of esters is 2. The standard InChI is InChI=1S/C27H25Cl2N3O4S/c1-14(2)21-22(25(35)36-24(34)20-19(33)12-13-30-20)37-26-31-27(3,16-6-10-18(29)11-7-16)23(32(21)26)15-4-8-17(28)9-5-15/h4-11,14,20,23,30H,12-13H2,1-3H3/t20-,23+,27-/m0/s1. The smallest absolute Gasteiger partial charge is 0.354 e. The largest absolute Gasteiger partial charge is 0.387 e. The van der Waals surface area contributed by atoms with Gasteiger partial charge >= 0.3 is 11.9 Å². The molecular weight excluding hydrogens is 533 g/mol. The van der Waals surface area contributed by atoms with Gasteiger partial charge in [0.2, 0.25) is 0 Å². The Morgan fingerprint density at radius 3 is 2.30 bits per heavy atom. The van der Waals surface area contributed by atoms with Gasteiger partial charge in [0.1, 0.15) is 10.4 Å². The maximum Gasteiger partial charge on any atom is 0.354 e. The fraction of sp³-hybridized carbons (Fsp3) is 0.333. The van der Waals surface area contributed by atoms with Gasteiger partial charge in [-0.15, -0.1) is 0 Å². The van der Waals surface area contributed by atoms with Crippen molar-refractivity contribution in [3.8, 4) is 0 Å². The quantitative estimate of drug-likeness (QED) is 0.397. The fourth-order valence-corrected chi connectivity index (χ4v) is 6.60. The van der Waals surface area contributed by atoms with Gasteiger partial charge in [-0.3, -0.25) is 10.1 Å². The average molecular weight is 558 g/mol. The van der Waals surface area contributed by atoms with Gasteiger partial charge < -0.3 is 9.64 Å². The lowest BCUT2D eigenvalue weighted by molar-refractivity contribution is -0.158. The molecule has 37 heavy (non-hydrogen) atoms. The van der Waals surface area contributed by atoms with Crippen molar-refractivity contribution >= 4 is 57.9 Å². The summed E-state index contributed by atoms with van der Waals surface area (Å²) in [5.41, 5.74) is 1.94. The number of fused-ring (bicyclic) bond motifs is 1. The van der Waals surface area contributed by atoms with Crippen molar-refractivity contribution in [2.75, 3.05) is 6.54 Å². The number of ketones is 1. The van der Waals surface area contributed by atoms with E-state index in [9.17, 15) is 14.4 Å². The Morgan fingerprint density at radius 2 is 1.73 bits per heavy atom. The minimum absolute atomic E-state index is 0.0912. The molecule has 3 aliphatic heterocycles. The first-order valence-electron chi connectivity index (χ1n) is 11.9. The van der Waals surface area contributed by atoms with E-state index in [-0.39, 0.29) is 24.2 Å². The van der Waals surface area contributed by atoms with Crippen LogP contribution in [0.2, 0.25) is 10.0 Å². The number of allylic oxidation sites excluding steroid dienone is 1. The maximum atomic E-state index is 13.2. The van der Waals surface area contributed by atoms with Crippen LogP contribution in [-0.4, -0.2) is 40.4 Å². The molecule has 192 valence electrons. The minimum Gasteiger partial charge on any atom is -0.387 e. The summed E-state index contributed by atoms with van der Waals surface area (Å²) in [5.74, 6) is -2.02. The third-order valence-electron chi connectivity index (χ3n) is 6.83. The van der Waals surface area contributed by atoms with Crippen LogP contribution in [0.4, 0.5) is 0 Å². The van der Waals surface area contributed by atoms with Crippen LogP contribution in [0.25, 0.3) is 0 Å². The number of thioether (sulfide) groups is 1. The van der Waals surface area contributed by atoms with E-state index in [4.69, 9.17) is 32.9 Å². The zero-order valence-corrected chi connectivity index (χ0v) is 22.8. The Hall–Kier alpha value is -2.65. The molecular formula is C27H25Cl2N3O4S. The highest BCUT2D eigenvalue weighted by Crippen LogP contribution is 2.56. The molecule has 3 aliphatic rings. The number of Topliss-reactive ketones (excluding diaryl/α,β-unsaturated/α-hetero) is 1. The molecule has 1 fully saturated rings. The molecule has 1 saturated heterocycles. The van der Waals surface area contributed by atoms with Crippen LogP contribution in [-0.2, 0) is 24.7 Å². The number of aliphatic imine (C=N–C) groups is 1. The lowest BCUT2D eigenvalue weighted by Crippen LogP contribution is -2.39. The van der Waals surface area contributed by atoms with Crippen molar-refractivity contribution < 1.29 is 19.1 Å². The summed E-state index contributed by atoms with van der Waals surface area (Å²) >= 11 is 13.6. The van der Waals surface area contributed by atoms with E-state index in [0.717, 1.165) is 11.1 Å². The van der Waals surface area contributed by atoms with Gasteiger partial charge in [-0.25, -0.2) is 14.6 Å². The van der Waals surface area contributed by atoms with Crippen LogP contribution >= 0.6 is 35.0 Å². The van der Waals surface area contributed by atoms with Crippen LogP contribution < -0.4 is 5.32 Å². The number of amidine groups is 1. The molecule has 3 atom stereocenters. The average Bonchev–Trinajstić information content (AvgIpc) is 3.52. The van der Waals surface area contributed by atoms with Crippen molar-refractivity contribution in [3.05, 3.63) is 80.3 Å². The highest BCUT2D eigenvalue weighted by atomic mass is 35.5. The number of carbonyl (C=O) groups excluding carboxylic acids is 3. The molecule has 0 aromatic heterocycles. The Labute approximate surface area is 229 Å². The van der Waals surface area contributed by atoms with Gasteiger partial charge in [0.25, 0.3) is 0 Å². The van der Waals surface area contributed by atoms with E-state index in [0.29, 0.717) is 32.4 Å². The first kappa shape index (κ1) is 26.0. The van der Waals surface area contributed by atoms with Gasteiger partial charge in [-0.1, -0.05) is 61.3 Å². The number of halogens is 2. The molecule has 7 nitrogen and oxygen atoms in total. The molecule has 5 rings (SSSR count). The zero-order valence-electron chi connectivity index (χ0n) is 20.5. The molecule has 0 aliphatic carbocycles. The Bertz CT molecular complexity index is 1340. The van der Waals surface area contributed by atoms with Crippen LogP contribution in [0.1, 0.15) is 44.4 Å². The van der Waals surface area contributed by atoms with Crippen molar-refractivity contribution in [2.24, 2.45) is 10.9 Å². The maximum absolute atomic E-state index is 13.2. The molecule has 2 aromatic carbocycles. The summed E-state index contributed by atoms with van der Waals surface area (Å²) in [7, 11) is 0. The number of hydrogen-bond acceptors (Lipinski definition) is 8. The molecule has 10 heteroatoms. The number of nitrogens with one attached hydrogen (secondary N) is 1. The van der Waals surface area contributed by atoms with Crippen molar-refractivity contribution in [2.45, 2.75) is 44.8 Å². The number of benzene rings is 2. The molecule has 0 radical (unpaired) electrons. The van der Waals surface area contributed by atoms with Gasteiger partial charge in [-0.05, 0) is 60.0 Å². The van der Waals surface area contributed by atoms with Crippen LogP contribution in [0, 0.1) is 5.92 Å². The van der Waals surface area contributed by atoms with E-state index in [2.05, 4.69) is 17.1 Å². The number of rotatable bonds is 5. The van der Waals surface area contributed by atoms with Crippen LogP contribution in [0.5, 0.6) is 0 Å². The fourth-order valence-electron chi connectivity index (χ4n) is 5.07. The normalized spacial score (nSPS) is 25.1. The lowest BCUT2D eigenvalue weighted by Gasteiger charge is -2.37. The van der Waals surface area contributed by atoms with E-state index in [1.165, 1.54) is 11.8 Å². The second-order valence-electron chi connectivity index (χ2n) is 9.66. The lowest BCUT2D eigenvalue weighted by atomic mass is 9.81. The summed E-state index contributed by atoms with van der Waals surface area (Å²) in [6.07, 6.45) is 0.235. The monoisotopic (exact) mass is 557 g/mol. The summed E-state index contributed by atoms with van der Waals surface area (Å²) in [5, 5.41) is 4.67. The summed E-state index contributed by atoms with van der Waals surface area (Å²) < 4.78 is 5.19. The van der Waals surface area contributed by atoms with Gasteiger partial charge in [0.15, 0.2) is 17.0 Å². The van der Waals surface area contributed by atoms with E-state index in [1.807, 2.05) is 62.4 Å². The topological polar surface area (TPSA) is 88.1 Å². The predicted octanol–water partition coefficient (Wildman–Crippen LogP) is 5.24. The Morgan fingerprint density at radius 1 is 1.11 bits per heavy atom. The number of hydrogen-bond donors (Lipinski definition) is 1. The van der Waals surface area contributed by atoms with Crippen molar-refractivity contribution in [1.29, 1.82) is 0 Å². The molecule has 2 aromatic rings. The van der Waals surface area contributed by atoms with Gasteiger partial charge in [-0.2, -0.15) is 0 Å². The molecule has 0 amide bonds. The Balaban J connectivity index is 1.56. The third kappa shape index (κ3) is 4.61. The van der Waals surface area contributed by atoms with Gasteiger partial charge in [0.05, 0.1) is 6.04 Å². The summed E-state index contributed by atoms with van der Waals surface area (Å²) in [6.45, 7) is 6.40. The zero-order chi connectivity index (χ0) is 26.5. The molecule has 0 unspecified atom stereocenters. The molecule has 0 spiro atoms. The minimum atomic E-state index is -1.11. The second-order valence-corrected chi connectivity index (χ2v) is 11.5. The predicted molar refractivity (Wildman–Crippen MR) is 144 cm³/mol. The van der Waals surface area contributed by atoms with E-state index >= 15 is 0 Å². The Kier molecular flexibility index (Phi) is 6.96. The van der Waals surface area contributed by atoms with Crippen LogP contribution in [0.3, 0.4) is 0 Å². The number of carbonyl (C=O) groups is 3. The summed E-state index contributed by atoms with van der Waals surface area (Å²) in [6, 6.07) is 13.8. The first-order chi connectivity index (χ1) is 17.6. The number of nitrogens with zero attached hydrogens (tertiary/aromatic N) is 2. The SMILES string of the molecule is CC(C)C1=C(C(=O)OC(=O)[C@H]2NCCC2=O)SC2=N[C@@](C)(c3ccc(Cl)cc3)[C@@H](c3ccc(Cl)cc3)N21.